The Hall–Kier alpha value is -2.89. The number of piperazine rings is 1. The zero-order valence-corrected chi connectivity index (χ0v) is 16.9. The highest BCUT2D eigenvalue weighted by atomic mass is 16.5. The molecule has 1 saturated heterocycles. The van der Waals surface area contributed by atoms with Crippen molar-refractivity contribution in [3.8, 4) is 11.5 Å². The van der Waals surface area contributed by atoms with Crippen molar-refractivity contribution in [2.45, 2.75) is 13.3 Å². The second-order valence-electron chi connectivity index (χ2n) is 6.98. The van der Waals surface area contributed by atoms with Crippen molar-refractivity contribution in [3.63, 3.8) is 0 Å². The Kier molecular flexibility index (Phi) is 6.63. The van der Waals surface area contributed by atoms with Crippen molar-refractivity contribution in [2.24, 2.45) is 0 Å². The van der Waals surface area contributed by atoms with E-state index < -0.39 is 0 Å². The van der Waals surface area contributed by atoms with E-state index in [1.54, 1.807) is 14.2 Å². The minimum Gasteiger partial charge on any atom is -0.493 e. The number of hydrogen-bond acceptors (Lipinski definition) is 4. The van der Waals surface area contributed by atoms with Crippen LogP contribution < -0.4 is 19.7 Å². The number of aryl methyl sites for hydroxylation is 1. The molecule has 2 amide bonds. The van der Waals surface area contributed by atoms with Crippen LogP contribution in [0.4, 0.5) is 10.5 Å². The number of carbonyl (C=O) groups excluding carboxylic acids is 1. The molecule has 1 aliphatic rings. The topological polar surface area (TPSA) is 54.0 Å². The summed E-state index contributed by atoms with van der Waals surface area (Å²) in [5.41, 5.74) is 3.59. The van der Waals surface area contributed by atoms with E-state index >= 15 is 0 Å². The highest BCUT2D eigenvalue weighted by molar-refractivity contribution is 5.74. The molecular weight excluding hydrogens is 354 g/mol. The van der Waals surface area contributed by atoms with E-state index in [1.807, 2.05) is 23.1 Å². The molecule has 1 aliphatic heterocycles. The molecule has 28 heavy (non-hydrogen) atoms. The molecule has 0 atom stereocenters. The van der Waals surface area contributed by atoms with Gasteiger partial charge in [-0.1, -0.05) is 18.2 Å². The molecule has 6 nitrogen and oxygen atoms in total. The number of carbonyl (C=O) groups is 1. The van der Waals surface area contributed by atoms with Crippen LogP contribution in [-0.4, -0.2) is 57.9 Å². The fourth-order valence-electron chi connectivity index (χ4n) is 3.45. The van der Waals surface area contributed by atoms with Crippen LogP contribution in [0.5, 0.6) is 11.5 Å². The Morgan fingerprint density at radius 1 is 1.00 bits per heavy atom. The lowest BCUT2D eigenvalue weighted by molar-refractivity contribution is 0.194. The van der Waals surface area contributed by atoms with Gasteiger partial charge in [0.2, 0.25) is 0 Å². The maximum Gasteiger partial charge on any atom is 0.317 e. The van der Waals surface area contributed by atoms with Gasteiger partial charge >= 0.3 is 6.03 Å². The van der Waals surface area contributed by atoms with Gasteiger partial charge in [-0.05, 0) is 48.7 Å². The highest BCUT2D eigenvalue weighted by Crippen LogP contribution is 2.27. The number of methoxy groups -OCH3 is 2. The van der Waals surface area contributed by atoms with Crippen molar-refractivity contribution >= 4 is 11.7 Å². The molecule has 0 unspecified atom stereocenters. The van der Waals surface area contributed by atoms with E-state index in [4.69, 9.17) is 9.47 Å². The van der Waals surface area contributed by atoms with Gasteiger partial charge in [-0.2, -0.15) is 0 Å². The number of rotatable bonds is 6. The number of nitrogens with zero attached hydrogens (tertiary/aromatic N) is 2. The molecule has 0 aliphatic carbocycles. The minimum atomic E-state index is 0.00405. The van der Waals surface area contributed by atoms with Crippen LogP contribution in [0.3, 0.4) is 0 Å². The number of amides is 2. The predicted octanol–water partition coefficient (Wildman–Crippen LogP) is 3.09. The molecule has 0 saturated carbocycles. The smallest absolute Gasteiger partial charge is 0.317 e. The van der Waals surface area contributed by atoms with E-state index in [-0.39, 0.29) is 6.03 Å². The first-order valence-corrected chi connectivity index (χ1v) is 9.66. The number of benzene rings is 2. The molecule has 2 aromatic rings. The summed E-state index contributed by atoms with van der Waals surface area (Å²) in [6.45, 7) is 5.86. The maximum atomic E-state index is 12.5. The van der Waals surface area contributed by atoms with Crippen LogP contribution in [0.2, 0.25) is 0 Å². The maximum absolute atomic E-state index is 12.5. The summed E-state index contributed by atoms with van der Waals surface area (Å²) < 4.78 is 10.6. The third-order valence-electron chi connectivity index (χ3n) is 5.07. The van der Waals surface area contributed by atoms with Crippen molar-refractivity contribution in [3.05, 3.63) is 53.6 Å². The molecule has 1 N–H and O–H groups in total. The second-order valence-corrected chi connectivity index (χ2v) is 6.98. The van der Waals surface area contributed by atoms with Crippen molar-refractivity contribution in [1.29, 1.82) is 0 Å². The van der Waals surface area contributed by atoms with Crippen molar-refractivity contribution < 1.29 is 14.3 Å². The first-order chi connectivity index (χ1) is 13.6. The first-order valence-electron chi connectivity index (χ1n) is 9.66. The fourth-order valence-corrected chi connectivity index (χ4v) is 3.45. The van der Waals surface area contributed by atoms with Crippen LogP contribution in [0.25, 0.3) is 0 Å². The molecule has 0 bridgehead atoms. The van der Waals surface area contributed by atoms with Gasteiger partial charge in [0.1, 0.15) is 0 Å². The van der Waals surface area contributed by atoms with E-state index in [1.165, 1.54) is 11.3 Å². The van der Waals surface area contributed by atoms with Gasteiger partial charge in [0.05, 0.1) is 14.2 Å². The molecule has 0 aromatic heterocycles. The fraction of sp³-hybridized carbons (Fsp3) is 0.409. The Labute approximate surface area is 167 Å². The Balaban J connectivity index is 1.45. The largest absolute Gasteiger partial charge is 0.493 e. The average Bonchev–Trinajstić information content (AvgIpc) is 2.73. The average molecular weight is 383 g/mol. The quantitative estimate of drug-likeness (QED) is 0.833. The van der Waals surface area contributed by atoms with Crippen LogP contribution in [0.1, 0.15) is 11.1 Å². The van der Waals surface area contributed by atoms with Crippen LogP contribution in [-0.2, 0) is 6.42 Å². The zero-order chi connectivity index (χ0) is 19.9. The standard InChI is InChI=1S/C22H29N3O3/c1-17-5-4-6-19(15-17)24-11-13-25(14-12-24)22(26)23-10-9-18-7-8-20(27-2)21(16-18)28-3/h4-8,15-16H,9-14H2,1-3H3,(H,23,26). The van der Waals surface area contributed by atoms with E-state index in [0.29, 0.717) is 18.0 Å². The second kappa shape index (κ2) is 9.35. The summed E-state index contributed by atoms with van der Waals surface area (Å²) in [6.07, 6.45) is 0.745. The van der Waals surface area contributed by atoms with Gasteiger partial charge in [-0.15, -0.1) is 0 Å². The molecule has 1 fully saturated rings. The lowest BCUT2D eigenvalue weighted by atomic mass is 10.1. The summed E-state index contributed by atoms with van der Waals surface area (Å²) in [5.74, 6) is 1.42. The number of ether oxygens (including phenoxy) is 2. The molecule has 0 spiro atoms. The number of hydrogen-bond donors (Lipinski definition) is 1. The van der Waals surface area contributed by atoms with E-state index in [2.05, 4.69) is 41.4 Å². The lowest BCUT2D eigenvalue weighted by Gasteiger charge is -2.36. The van der Waals surface area contributed by atoms with Gasteiger partial charge < -0.3 is 24.6 Å². The molecular formula is C22H29N3O3. The van der Waals surface area contributed by atoms with Gasteiger partial charge in [0.15, 0.2) is 11.5 Å². The van der Waals surface area contributed by atoms with Crippen LogP contribution in [0.15, 0.2) is 42.5 Å². The lowest BCUT2D eigenvalue weighted by Crippen LogP contribution is -2.52. The van der Waals surface area contributed by atoms with Crippen LogP contribution in [0, 0.1) is 6.92 Å². The Bertz CT molecular complexity index is 801. The molecule has 3 rings (SSSR count). The SMILES string of the molecule is COc1ccc(CCNC(=O)N2CCN(c3cccc(C)c3)CC2)cc1OC. The van der Waals surface area contributed by atoms with Gasteiger partial charge in [-0.25, -0.2) is 4.79 Å². The molecule has 0 radical (unpaired) electrons. The monoisotopic (exact) mass is 383 g/mol. The van der Waals surface area contributed by atoms with Crippen LogP contribution >= 0.6 is 0 Å². The Morgan fingerprint density at radius 3 is 2.43 bits per heavy atom. The molecule has 2 aromatic carbocycles. The number of nitrogens with one attached hydrogen (secondary N) is 1. The zero-order valence-electron chi connectivity index (χ0n) is 16.9. The van der Waals surface area contributed by atoms with Crippen molar-refractivity contribution in [2.75, 3.05) is 51.8 Å². The van der Waals surface area contributed by atoms with Crippen molar-refractivity contribution in [1.82, 2.24) is 10.2 Å². The first kappa shape index (κ1) is 19.9. The summed E-state index contributed by atoms with van der Waals surface area (Å²) in [4.78, 5) is 16.7. The third kappa shape index (κ3) is 4.88. The van der Waals surface area contributed by atoms with Gasteiger partial charge in [-0.3, -0.25) is 0 Å². The third-order valence-corrected chi connectivity index (χ3v) is 5.07. The summed E-state index contributed by atoms with van der Waals surface area (Å²) in [5, 5.41) is 3.03. The van der Waals surface area contributed by atoms with E-state index in [9.17, 15) is 4.79 Å². The minimum absolute atomic E-state index is 0.00405. The molecule has 1 heterocycles. The summed E-state index contributed by atoms with van der Waals surface area (Å²) in [7, 11) is 3.25. The molecule has 6 heteroatoms. The summed E-state index contributed by atoms with van der Waals surface area (Å²) >= 11 is 0. The van der Waals surface area contributed by atoms with Gasteiger partial charge in [0.25, 0.3) is 0 Å². The Morgan fingerprint density at radius 2 is 1.75 bits per heavy atom. The highest BCUT2D eigenvalue weighted by Gasteiger charge is 2.21. The van der Waals surface area contributed by atoms with E-state index in [0.717, 1.165) is 38.2 Å². The summed E-state index contributed by atoms with van der Waals surface area (Å²) in [6, 6.07) is 14.3. The normalized spacial score (nSPS) is 14.0. The van der Waals surface area contributed by atoms with Gasteiger partial charge in [0, 0.05) is 38.4 Å². The molecule has 150 valence electrons. The predicted molar refractivity (Wildman–Crippen MR) is 112 cm³/mol. The number of anilines is 1. The number of urea groups is 1.